The van der Waals surface area contributed by atoms with Gasteiger partial charge >= 0.3 is 12.1 Å². The van der Waals surface area contributed by atoms with Crippen LogP contribution in [0, 0.1) is 25.7 Å². The summed E-state index contributed by atoms with van der Waals surface area (Å²) in [5.74, 6) is 1.46. The first kappa shape index (κ1) is 30.3. The highest BCUT2D eigenvalue weighted by atomic mass is 16.6. The third-order valence-electron chi connectivity index (χ3n) is 9.18. The number of piperidine rings is 1. The normalized spacial score (nSPS) is 22.7. The van der Waals surface area contributed by atoms with Crippen LogP contribution in [0.15, 0.2) is 17.4 Å². The van der Waals surface area contributed by atoms with Crippen molar-refractivity contribution >= 4 is 17.8 Å². The molecule has 1 atom stereocenters. The van der Waals surface area contributed by atoms with Gasteiger partial charge in [-0.1, -0.05) is 25.7 Å². The highest BCUT2D eigenvalue weighted by Gasteiger charge is 2.48. The number of aryl methyl sites for hydroxylation is 2. The minimum Gasteiger partial charge on any atom is -0.512 e. The van der Waals surface area contributed by atoms with E-state index in [1.165, 1.54) is 0 Å². The first-order valence-electron chi connectivity index (χ1n) is 15.7. The number of aliphatic hydroxyl groups is 1. The number of aliphatic hydroxyl groups excluding tert-OH is 1. The van der Waals surface area contributed by atoms with E-state index < -0.39 is 17.2 Å². The Hall–Kier alpha value is -3.17. The quantitative estimate of drug-likeness (QED) is 0.290. The van der Waals surface area contributed by atoms with Crippen molar-refractivity contribution < 1.29 is 24.2 Å². The minimum absolute atomic E-state index is 0.118. The predicted octanol–water partition coefficient (Wildman–Crippen LogP) is 6.18. The molecule has 1 saturated carbocycles. The fourth-order valence-corrected chi connectivity index (χ4v) is 7.02. The van der Waals surface area contributed by atoms with Crippen molar-refractivity contribution in [2.24, 2.45) is 11.8 Å². The number of nitrogens with zero attached hydrogens (tertiary/aromatic N) is 5. The number of aromatic nitrogens is 4. The SMILES string of the molecule is Cc1cc(C)n2nc(CC3=C(O)CC(CCCCC4CCN(C(=O)OC(C)(C)C)CC4)(C4CCCC4)OC3=O)nc2n1. The third-order valence-corrected chi connectivity index (χ3v) is 9.18. The molecule has 1 unspecified atom stereocenters. The van der Waals surface area contributed by atoms with E-state index in [-0.39, 0.29) is 29.8 Å². The van der Waals surface area contributed by atoms with Crippen molar-refractivity contribution in [3.63, 3.8) is 0 Å². The number of fused-ring (bicyclic) bond motifs is 1. The number of carbonyl (C=O) groups excluding carboxylic acids is 2. The molecule has 2 aliphatic heterocycles. The number of unbranched alkanes of at least 4 members (excludes halogenated alkanes) is 1. The largest absolute Gasteiger partial charge is 0.512 e. The molecule has 0 aromatic carbocycles. The Bertz CT molecular complexity index is 1330. The summed E-state index contributed by atoms with van der Waals surface area (Å²) in [7, 11) is 0. The van der Waals surface area contributed by atoms with Gasteiger partial charge in [-0.15, -0.1) is 5.10 Å². The van der Waals surface area contributed by atoms with Gasteiger partial charge in [-0.05, 0) is 91.0 Å². The van der Waals surface area contributed by atoms with Gasteiger partial charge in [0.1, 0.15) is 17.0 Å². The van der Waals surface area contributed by atoms with Gasteiger partial charge < -0.3 is 19.5 Å². The van der Waals surface area contributed by atoms with E-state index in [9.17, 15) is 14.7 Å². The van der Waals surface area contributed by atoms with Crippen molar-refractivity contribution in [3.8, 4) is 0 Å². The average Bonchev–Trinajstić information content (AvgIpc) is 3.59. The molecule has 5 rings (SSSR count). The minimum atomic E-state index is -0.650. The number of carbonyl (C=O) groups is 2. The molecule has 1 aliphatic carbocycles. The van der Waals surface area contributed by atoms with Gasteiger partial charge in [0.15, 0.2) is 5.82 Å². The monoisotopic (exact) mass is 581 g/mol. The Morgan fingerprint density at radius 3 is 2.50 bits per heavy atom. The summed E-state index contributed by atoms with van der Waals surface area (Å²) in [6.07, 6.45) is 10.4. The summed E-state index contributed by atoms with van der Waals surface area (Å²) < 4.78 is 13.5. The zero-order valence-electron chi connectivity index (χ0n) is 25.9. The van der Waals surface area contributed by atoms with Crippen LogP contribution in [0.25, 0.3) is 5.78 Å². The van der Waals surface area contributed by atoms with E-state index >= 15 is 0 Å². The maximum absolute atomic E-state index is 13.4. The van der Waals surface area contributed by atoms with Crippen LogP contribution in [-0.4, -0.2) is 65.9 Å². The zero-order valence-corrected chi connectivity index (χ0v) is 25.9. The lowest BCUT2D eigenvalue weighted by Gasteiger charge is -2.42. The Kier molecular flexibility index (Phi) is 8.81. The molecule has 10 nitrogen and oxygen atoms in total. The molecule has 10 heteroatoms. The molecule has 1 amide bonds. The second kappa shape index (κ2) is 12.2. The average molecular weight is 582 g/mol. The fraction of sp³-hybridized carbons (Fsp3) is 0.719. The van der Waals surface area contributed by atoms with E-state index in [1.807, 2.05) is 45.6 Å². The van der Waals surface area contributed by atoms with Crippen molar-refractivity contribution in [1.29, 1.82) is 0 Å². The Labute approximate surface area is 248 Å². The van der Waals surface area contributed by atoms with Crippen LogP contribution in [0.3, 0.4) is 0 Å². The molecular formula is C32H47N5O5. The second-order valence-electron chi connectivity index (χ2n) is 13.6. The molecule has 2 fully saturated rings. The second-order valence-corrected chi connectivity index (χ2v) is 13.6. The number of esters is 1. The Balaban J connectivity index is 1.18. The van der Waals surface area contributed by atoms with Crippen LogP contribution in [0.4, 0.5) is 4.79 Å². The first-order chi connectivity index (χ1) is 19.9. The highest BCUT2D eigenvalue weighted by molar-refractivity contribution is 5.90. The first-order valence-corrected chi connectivity index (χ1v) is 15.7. The van der Waals surface area contributed by atoms with Gasteiger partial charge in [0.2, 0.25) is 0 Å². The molecular weight excluding hydrogens is 534 g/mol. The molecule has 1 saturated heterocycles. The van der Waals surface area contributed by atoms with Crippen LogP contribution in [-0.2, 0) is 20.7 Å². The molecule has 2 aromatic heterocycles. The maximum Gasteiger partial charge on any atom is 0.410 e. The lowest BCUT2D eigenvalue weighted by molar-refractivity contribution is -0.167. The fourth-order valence-electron chi connectivity index (χ4n) is 7.02. The number of hydrogen-bond acceptors (Lipinski definition) is 8. The number of rotatable bonds is 8. The van der Waals surface area contributed by atoms with Gasteiger partial charge in [-0.25, -0.2) is 19.1 Å². The van der Waals surface area contributed by atoms with Crippen LogP contribution in [0.1, 0.15) is 109 Å². The summed E-state index contributed by atoms with van der Waals surface area (Å²) >= 11 is 0. The van der Waals surface area contributed by atoms with E-state index in [4.69, 9.17) is 9.47 Å². The van der Waals surface area contributed by atoms with Crippen molar-refractivity contribution in [3.05, 3.63) is 34.6 Å². The van der Waals surface area contributed by atoms with Gasteiger partial charge in [0.25, 0.3) is 5.78 Å². The molecule has 2 aromatic rings. The molecule has 4 heterocycles. The van der Waals surface area contributed by atoms with Crippen molar-refractivity contribution in [2.75, 3.05) is 13.1 Å². The number of amides is 1. The van der Waals surface area contributed by atoms with Crippen LogP contribution >= 0.6 is 0 Å². The van der Waals surface area contributed by atoms with Gasteiger partial charge in [-0.2, -0.15) is 4.98 Å². The lowest BCUT2D eigenvalue weighted by Crippen LogP contribution is -2.46. The van der Waals surface area contributed by atoms with Crippen LogP contribution in [0.5, 0.6) is 0 Å². The topological polar surface area (TPSA) is 119 Å². The molecule has 3 aliphatic rings. The molecule has 42 heavy (non-hydrogen) atoms. The highest BCUT2D eigenvalue weighted by Crippen LogP contribution is 2.46. The van der Waals surface area contributed by atoms with E-state index in [0.717, 1.165) is 88.7 Å². The summed E-state index contributed by atoms with van der Waals surface area (Å²) in [6, 6.07) is 1.93. The smallest absolute Gasteiger partial charge is 0.410 e. The van der Waals surface area contributed by atoms with E-state index in [0.29, 0.717) is 23.9 Å². The van der Waals surface area contributed by atoms with Crippen molar-refractivity contribution in [2.45, 2.75) is 123 Å². The summed E-state index contributed by atoms with van der Waals surface area (Å²) in [5, 5.41) is 15.8. The number of likely N-dealkylation sites (tertiary alicyclic amines) is 1. The van der Waals surface area contributed by atoms with Gasteiger partial charge in [-0.3, -0.25) is 0 Å². The molecule has 230 valence electrons. The zero-order chi connectivity index (χ0) is 30.1. The number of hydrogen-bond donors (Lipinski definition) is 1. The Morgan fingerprint density at radius 1 is 1.12 bits per heavy atom. The lowest BCUT2D eigenvalue weighted by atomic mass is 9.76. The molecule has 0 spiro atoms. The third kappa shape index (κ3) is 6.89. The van der Waals surface area contributed by atoms with E-state index in [1.54, 1.807) is 4.52 Å². The Morgan fingerprint density at radius 2 is 1.83 bits per heavy atom. The maximum atomic E-state index is 13.4. The standard InChI is InChI=1S/C32H47N5O5/c1-21-18-22(2)37-29(33-21)34-27(35-37)19-25-26(38)20-32(41-28(25)39,24-11-6-7-12-24)15-9-8-10-23-13-16-36(17-14-23)30(40)42-31(3,4)5/h18,23-24,38H,6-17,19-20H2,1-5H3. The summed E-state index contributed by atoms with van der Waals surface area (Å²) in [6.45, 7) is 11.0. The predicted molar refractivity (Wildman–Crippen MR) is 158 cm³/mol. The van der Waals surface area contributed by atoms with Gasteiger partial charge in [0, 0.05) is 37.3 Å². The number of ether oxygens (including phenoxy) is 2. The van der Waals surface area contributed by atoms with Crippen LogP contribution in [0.2, 0.25) is 0 Å². The molecule has 0 radical (unpaired) electrons. The molecule has 1 N–H and O–H groups in total. The number of cyclic esters (lactones) is 1. The van der Waals surface area contributed by atoms with Gasteiger partial charge in [0.05, 0.1) is 5.57 Å². The summed E-state index contributed by atoms with van der Waals surface area (Å²) in [4.78, 5) is 36.6. The van der Waals surface area contributed by atoms with Crippen LogP contribution < -0.4 is 0 Å². The van der Waals surface area contributed by atoms with Crippen molar-refractivity contribution in [1.82, 2.24) is 24.5 Å². The molecule has 0 bridgehead atoms. The summed E-state index contributed by atoms with van der Waals surface area (Å²) in [5.41, 5.74) is 0.894. The van der Waals surface area contributed by atoms with E-state index in [2.05, 4.69) is 15.1 Å².